The number of nitro benzene ring substituents is 1. The lowest BCUT2D eigenvalue weighted by atomic mass is 10.1. The molecular formula is C17H18ClN3O6. The predicted octanol–water partition coefficient (Wildman–Crippen LogP) is 1.75. The van der Waals surface area contributed by atoms with Crippen molar-refractivity contribution in [2.45, 2.75) is 6.10 Å². The van der Waals surface area contributed by atoms with E-state index in [-0.39, 0.29) is 35.2 Å². The number of ether oxygens (including phenoxy) is 1. The van der Waals surface area contributed by atoms with E-state index in [1.54, 1.807) is 0 Å². The van der Waals surface area contributed by atoms with Crippen molar-refractivity contribution in [3.05, 3.63) is 62.7 Å². The summed E-state index contributed by atoms with van der Waals surface area (Å²) in [4.78, 5) is 21.4. The van der Waals surface area contributed by atoms with Crippen molar-refractivity contribution < 1.29 is 24.7 Å². The van der Waals surface area contributed by atoms with Crippen molar-refractivity contribution in [1.29, 1.82) is 0 Å². The number of aliphatic hydroxyl groups excluding tert-OH is 1. The largest absolute Gasteiger partial charge is 0.507 e. The van der Waals surface area contributed by atoms with Crippen molar-refractivity contribution >= 4 is 23.2 Å². The minimum Gasteiger partial charge on any atom is -0.507 e. The summed E-state index contributed by atoms with van der Waals surface area (Å²) in [5.41, 5.74) is 5.20. The standard InChI is InChI=1S/C17H18ClN3O6/c18-13-3-1-10(7-14(13)21(25)26)16(23)9-20-5-6-27-11-2-4-15(22)12(8-11)17(19)24/h1-4,7-8,16,20,22-23H,5-6,9H2,(H2,19,24). The number of aromatic hydroxyl groups is 1. The number of primary amides is 1. The van der Waals surface area contributed by atoms with E-state index < -0.39 is 16.9 Å². The summed E-state index contributed by atoms with van der Waals surface area (Å²) < 4.78 is 5.44. The molecule has 10 heteroatoms. The van der Waals surface area contributed by atoms with Crippen LogP contribution in [0.25, 0.3) is 0 Å². The first-order chi connectivity index (χ1) is 12.8. The van der Waals surface area contributed by atoms with Gasteiger partial charge in [0, 0.05) is 19.2 Å². The van der Waals surface area contributed by atoms with E-state index in [0.717, 1.165) is 0 Å². The van der Waals surface area contributed by atoms with Crippen LogP contribution in [-0.2, 0) is 0 Å². The number of aliphatic hydroxyl groups is 1. The molecule has 9 nitrogen and oxygen atoms in total. The van der Waals surface area contributed by atoms with E-state index in [1.165, 1.54) is 36.4 Å². The van der Waals surface area contributed by atoms with Gasteiger partial charge in [-0.2, -0.15) is 0 Å². The predicted molar refractivity (Wildman–Crippen MR) is 98.1 cm³/mol. The van der Waals surface area contributed by atoms with Gasteiger partial charge in [-0.15, -0.1) is 0 Å². The first-order valence-corrected chi connectivity index (χ1v) is 8.25. The van der Waals surface area contributed by atoms with Gasteiger partial charge in [-0.3, -0.25) is 14.9 Å². The van der Waals surface area contributed by atoms with Crippen LogP contribution in [0.1, 0.15) is 22.0 Å². The number of carbonyl (C=O) groups excluding carboxylic acids is 1. The fraction of sp³-hybridized carbons (Fsp3) is 0.235. The monoisotopic (exact) mass is 395 g/mol. The van der Waals surface area contributed by atoms with Crippen molar-refractivity contribution in [3.63, 3.8) is 0 Å². The maximum Gasteiger partial charge on any atom is 0.288 e. The number of hydrogen-bond donors (Lipinski definition) is 4. The van der Waals surface area contributed by atoms with Crippen molar-refractivity contribution in [1.82, 2.24) is 5.32 Å². The zero-order valence-electron chi connectivity index (χ0n) is 14.1. The van der Waals surface area contributed by atoms with Crippen LogP contribution in [0.3, 0.4) is 0 Å². The Bertz CT molecular complexity index is 845. The molecule has 0 aromatic heterocycles. The highest BCUT2D eigenvalue weighted by Crippen LogP contribution is 2.27. The van der Waals surface area contributed by atoms with Crippen LogP contribution in [0.5, 0.6) is 11.5 Å². The third-order valence-electron chi connectivity index (χ3n) is 3.67. The minimum atomic E-state index is -0.962. The van der Waals surface area contributed by atoms with Crippen LogP contribution in [0, 0.1) is 10.1 Å². The van der Waals surface area contributed by atoms with Gasteiger partial charge >= 0.3 is 0 Å². The molecule has 0 bridgehead atoms. The van der Waals surface area contributed by atoms with Crippen molar-refractivity contribution in [3.8, 4) is 11.5 Å². The highest BCUT2D eigenvalue weighted by molar-refractivity contribution is 6.32. The third kappa shape index (κ3) is 5.55. The van der Waals surface area contributed by atoms with Gasteiger partial charge in [-0.05, 0) is 29.8 Å². The molecule has 1 amide bonds. The minimum absolute atomic E-state index is 0.00142. The van der Waals surface area contributed by atoms with Crippen LogP contribution >= 0.6 is 11.6 Å². The molecule has 2 rings (SSSR count). The molecule has 0 saturated carbocycles. The van der Waals surface area contributed by atoms with Gasteiger partial charge < -0.3 is 26.0 Å². The van der Waals surface area contributed by atoms with E-state index in [4.69, 9.17) is 22.1 Å². The lowest BCUT2D eigenvalue weighted by molar-refractivity contribution is -0.384. The molecule has 1 atom stereocenters. The Labute approximate surface area is 159 Å². The summed E-state index contributed by atoms with van der Waals surface area (Å²) in [6.45, 7) is 0.722. The van der Waals surface area contributed by atoms with Gasteiger partial charge in [0.1, 0.15) is 23.1 Å². The van der Waals surface area contributed by atoms with Gasteiger partial charge in [0.15, 0.2) is 0 Å². The highest BCUT2D eigenvalue weighted by atomic mass is 35.5. The number of rotatable bonds is 9. The second kappa shape index (κ2) is 9.17. The molecule has 27 heavy (non-hydrogen) atoms. The van der Waals surface area contributed by atoms with E-state index in [0.29, 0.717) is 17.9 Å². The van der Waals surface area contributed by atoms with Gasteiger partial charge in [0.25, 0.3) is 11.6 Å². The van der Waals surface area contributed by atoms with Gasteiger partial charge in [0.05, 0.1) is 16.6 Å². The molecule has 0 heterocycles. The Kier molecular flexibility index (Phi) is 6.94. The average Bonchev–Trinajstić information content (AvgIpc) is 2.62. The number of nitrogens with zero attached hydrogens (tertiary/aromatic N) is 1. The Balaban J connectivity index is 1.82. The number of nitro groups is 1. The van der Waals surface area contributed by atoms with E-state index in [9.17, 15) is 25.1 Å². The SMILES string of the molecule is NC(=O)c1cc(OCCNCC(O)c2ccc(Cl)c([N+](=O)[O-])c2)ccc1O. The molecule has 0 aliphatic heterocycles. The van der Waals surface area contributed by atoms with Crippen LogP contribution in [0.15, 0.2) is 36.4 Å². The first kappa shape index (κ1) is 20.4. The van der Waals surface area contributed by atoms with Gasteiger partial charge in [0.2, 0.25) is 0 Å². The molecule has 0 spiro atoms. The highest BCUT2D eigenvalue weighted by Gasteiger charge is 2.16. The van der Waals surface area contributed by atoms with Gasteiger partial charge in [-0.1, -0.05) is 17.7 Å². The summed E-state index contributed by atoms with van der Waals surface area (Å²) in [5, 5.41) is 33.5. The molecule has 2 aromatic rings. The number of phenols is 1. The number of amides is 1. The molecule has 0 saturated heterocycles. The Morgan fingerprint density at radius 1 is 1.33 bits per heavy atom. The maximum atomic E-state index is 11.2. The fourth-order valence-corrected chi connectivity index (χ4v) is 2.46. The summed E-state index contributed by atoms with van der Waals surface area (Å²) in [6, 6.07) is 8.23. The van der Waals surface area contributed by atoms with E-state index in [1.807, 2.05) is 0 Å². The smallest absolute Gasteiger partial charge is 0.288 e. The number of nitrogens with two attached hydrogens (primary N) is 1. The summed E-state index contributed by atoms with van der Waals surface area (Å²) in [5.74, 6) is -0.637. The van der Waals surface area contributed by atoms with Gasteiger partial charge in [-0.25, -0.2) is 0 Å². The van der Waals surface area contributed by atoms with Crippen LogP contribution in [0.2, 0.25) is 5.02 Å². The maximum absolute atomic E-state index is 11.2. The lowest BCUT2D eigenvalue weighted by Gasteiger charge is -2.13. The number of benzene rings is 2. The molecule has 1 unspecified atom stereocenters. The zero-order valence-corrected chi connectivity index (χ0v) is 14.8. The molecule has 0 fully saturated rings. The second-order valence-electron chi connectivity index (χ2n) is 5.58. The quantitative estimate of drug-likeness (QED) is 0.287. The number of nitrogens with one attached hydrogen (secondary N) is 1. The third-order valence-corrected chi connectivity index (χ3v) is 3.99. The Morgan fingerprint density at radius 2 is 2.07 bits per heavy atom. The second-order valence-corrected chi connectivity index (χ2v) is 5.99. The molecule has 144 valence electrons. The van der Waals surface area contributed by atoms with Crippen LogP contribution < -0.4 is 15.8 Å². The first-order valence-electron chi connectivity index (χ1n) is 7.88. The lowest BCUT2D eigenvalue weighted by Crippen LogP contribution is -2.26. The molecular weight excluding hydrogens is 378 g/mol. The van der Waals surface area contributed by atoms with Crippen molar-refractivity contribution in [2.24, 2.45) is 5.73 Å². The Hall–Kier alpha value is -2.88. The normalized spacial score (nSPS) is 11.8. The molecule has 0 aliphatic carbocycles. The summed E-state index contributed by atoms with van der Waals surface area (Å²) in [6.07, 6.45) is -0.962. The topological polar surface area (TPSA) is 148 Å². The molecule has 5 N–H and O–H groups in total. The van der Waals surface area contributed by atoms with E-state index >= 15 is 0 Å². The molecule has 2 aromatic carbocycles. The Morgan fingerprint density at radius 3 is 2.74 bits per heavy atom. The average molecular weight is 396 g/mol. The molecule has 0 aliphatic rings. The molecule has 0 radical (unpaired) electrons. The van der Waals surface area contributed by atoms with Crippen molar-refractivity contribution in [2.75, 3.05) is 19.7 Å². The summed E-state index contributed by atoms with van der Waals surface area (Å²) >= 11 is 5.74. The summed E-state index contributed by atoms with van der Waals surface area (Å²) in [7, 11) is 0. The zero-order chi connectivity index (χ0) is 20.0. The van der Waals surface area contributed by atoms with E-state index in [2.05, 4.69) is 5.32 Å². The van der Waals surface area contributed by atoms with Crippen LogP contribution in [-0.4, -0.2) is 40.7 Å². The van der Waals surface area contributed by atoms with Crippen LogP contribution in [0.4, 0.5) is 5.69 Å². The number of carbonyl (C=O) groups is 1. The fourth-order valence-electron chi connectivity index (χ4n) is 2.28. The number of halogens is 1. The number of hydrogen-bond acceptors (Lipinski definition) is 7.